The number of hydrogen-bond donors (Lipinski definition) is 1. The normalized spacial score (nSPS) is 17.2. The van der Waals surface area contributed by atoms with E-state index in [9.17, 15) is 14.7 Å². The zero-order chi connectivity index (χ0) is 24.8. The molecule has 1 aromatic heterocycles. The molecule has 1 aliphatic rings. The number of nitrogens with zero attached hydrogens (tertiary/aromatic N) is 3. The van der Waals surface area contributed by atoms with Crippen LogP contribution in [0, 0.1) is 0 Å². The van der Waals surface area contributed by atoms with Gasteiger partial charge in [-0.3, -0.25) is 14.6 Å². The third-order valence-corrected chi connectivity index (χ3v) is 5.94. The van der Waals surface area contributed by atoms with Crippen LogP contribution >= 0.6 is 0 Å². The van der Waals surface area contributed by atoms with Crippen molar-refractivity contribution in [2.75, 3.05) is 27.2 Å². The highest BCUT2D eigenvalue weighted by Crippen LogP contribution is 2.39. The van der Waals surface area contributed by atoms with Gasteiger partial charge in [0.2, 0.25) is 0 Å². The number of amides is 1. The monoisotopic (exact) mass is 471 g/mol. The van der Waals surface area contributed by atoms with Gasteiger partial charge in [-0.2, -0.15) is 0 Å². The average molecular weight is 472 g/mol. The van der Waals surface area contributed by atoms with Gasteiger partial charge in [-0.15, -0.1) is 0 Å². The highest BCUT2D eigenvalue weighted by molar-refractivity contribution is 6.46. The number of pyridine rings is 1. The summed E-state index contributed by atoms with van der Waals surface area (Å²) in [5.74, 6) is -0.844. The summed E-state index contributed by atoms with van der Waals surface area (Å²) >= 11 is 0. The first-order valence-corrected chi connectivity index (χ1v) is 11.6. The van der Waals surface area contributed by atoms with Crippen LogP contribution in [0.15, 0.2) is 84.7 Å². The fourth-order valence-electron chi connectivity index (χ4n) is 4.17. The van der Waals surface area contributed by atoms with Crippen molar-refractivity contribution >= 4 is 17.4 Å². The van der Waals surface area contributed by atoms with Crippen LogP contribution in [0.2, 0.25) is 0 Å². The van der Waals surface area contributed by atoms with E-state index in [1.807, 2.05) is 49.3 Å². The van der Waals surface area contributed by atoms with Crippen LogP contribution in [0.4, 0.5) is 0 Å². The van der Waals surface area contributed by atoms with Gasteiger partial charge in [0, 0.05) is 24.5 Å². The molecular weight excluding hydrogens is 442 g/mol. The van der Waals surface area contributed by atoms with Crippen molar-refractivity contribution in [3.8, 4) is 5.75 Å². The number of carbonyl (C=O) groups is 2. The van der Waals surface area contributed by atoms with Crippen LogP contribution in [0.1, 0.15) is 29.2 Å². The van der Waals surface area contributed by atoms with E-state index in [-0.39, 0.29) is 11.3 Å². The highest BCUT2D eigenvalue weighted by atomic mass is 16.5. The van der Waals surface area contributed by atoms with E-state index in [1.54, 1.807) is 53.7 Å². The predicted molar refractivity (Wildman–Crippen MR) is 134 cm³/mol. The summed E-state index contributed by atoms with van der Waals surface area (Å²) in [4.78, 5) is 33.7. The number of aliphatic hydroxyl groups is 1. The van der Waals surface area contributed by atoms with Crippen molar-refractivity contribution in [2.24, 2.45) is 0 Å². The van der Waals surface area contributed by atoms with Crippen molar-refractivity contribution < 1.29 is 19.4 Å². The maximum atomic E-state index is 13.1. The van der Waals surface area contributed by atoms with Gasteiger partial charge in [0.25, 0.3) is 11.7 Å². The molecule has 3 aromatic rings. The van der Waals surface area contributed by atoms with Crippen LogP contribution in [-0.2, 0) is 16.2 Å². The molecule has 180 valence electrons. The molecule has 4 rings (SSSR count). The van der Waals surface area contributed by atoms with E-state index in [0.29, 0.717) is 30.9 Å². The Morgan fingerprint density at radius 3 is 2.34 bits per heavy atom. The molecule has 1 amide bonds. The molecule has 0 aliphatic carbocycles. The van der Waals surface area contributed by atoms with Crippen molar-refractivity contribution in [1.29, 1.82) is 0 Å². The van der Waals surface area contributed by atoms with E-state index in [1.165, 1.54) is 0 Å². The molecule has 0 radical (unpaired) electrons. The first-order valence-electron chi connectivity index (χ1n) is 11.6. The molecule has 2 aromatic carbocycles. The van der Waals surface area contributed by atoms with Gasteiger partial charge in [0.05, 0.1) is 11.6 Å². The van der Waals surface area contributed by atoms with Crippen LogP contribution in [0.25, 0.3) is 5.76 Å². The van der Waals surface area contributed by atoms with E-state index < -0.39 is 17.7 Å². The second-order valence-corrected chi connectivity index (χ2v) is 8.73. The molecule has 0 spiro atoms. The number of ether oxygens (including phenoxy) is 1. The zero-order valence-corrected chi connectivity index (χ0v) is 19.9. The minimum atomic E-state index is -0.682. The SMILES string of the molecule is CN(C)CCCN1C(=O)C(=O)/C(=C(/O)c2ccc(OCc3ccccc3)cc2)[C@@H]1c1ccncc1. The molecule has 7 heteroatoms. The van der Waals surface area contributed by atoms with Gasteiger partial charge >= 0.3 is 0 Å². The second kappa shape index (κ2) is 11.0. The Balaban J connectivity index is 1.61. The number of benzene rings is 2. The third kappa shape index (κ3) is 5.58. The van der Waals surface area contributed by atoms with E-state index in [2.05, 4.69) is 4.98 Å². The molecule has 1 fully saturated rings. The number of Topliss-reactive ketones (excluding diaryl/α,β-unsaturated/α-hetero) is 1. The maximum absolute atomic E-state index is 13.1. The Bertz CT molecular complexity index is 1190. The smallest absolute Gasteiger partial charge is 0.295 e. The second-order valence-electron chi connectivity index (χ2n) is 8.73. The summed E-state index contributed by atoms with van der Waals surface area (Å²) in [7, 11) is 3.92. The first kappa shape index (κ1) is 24.2. The van der Waals surface area contributed by atoms with Gasteiger partial charge < -0.3 is 19.6 Å². The summed E-state index contributed by atoms with van der Waals surface area (Å²) in [5.41, 5.74) is 2.31. The zero-order valence-electron chi connectivity index (χ0n) is 19.9. The summed E-state index contributed by atoms with van der Waals surface area (Å²) < 4.78 is 5.82. The minimum absolute atomic E-state index is 0.0870. The lowest BCUT2D eigenvalue weighted by atomic mass is 9.96. The lowest BCUT2D eigenvalue weighted by molar-refractivity contribution is -0.139. The molecule has 1 atom stereocenters. The van der Waals surface area contributed by atoms with Crippen LogP contribution in [0.3, 0.4) is 0 Å². The lowest BCUT2D eigenvalue weighted by Crippen LogP contribution is -2.32. The quantitative estimate of drug-likeness (QED) is 0.288. The van der Waals surface area contributed by atoms with Gasteiger partial charge in [-0.05, 0) is 74.6 Å². The number of aliphatic hydroxyl groups excluding tert-OH is 1. The molecule has 0 saturated carbocycles. The third-order valence-electron chi connectivity index (χ3n) is 5.94. The van der Waals surface area contributed by atoms with Crippen LogP contribution in [0.5, 0.6) is 5.75 Å². The number of hydrogen-bond acceptors (Lipinski definition) is 6. The molecule has 35 heavy (non-hydrogen) atoms. The van der Waals surface area contributed by atoms with E-state index in [4.69, 9.17) is 4.74 Å². The van der Waals surface area contributed by atoms with Crippen LogP contribution < -0.4 is 4.74 Å². The topological polar surface area (TPSA) is 83.0 Å². The molecule has 2 heterocycles. The molecule has 7 nitrogen and oxygen atoms in total. The van der Waals surface area contributed by atoms with Crippen molar-refractivity contribution in [1.82, 2.24) is 14.8 Å². The van der Waals surface area contributed by atoms with E-state index >= 15 is 0 Å². The van der Waals surface area contributed by atoms with Gasteiger partial charge in [0.1, 0.15) is 18.1 Å². The Hall–Kier alpha value is -3.97. The molecule has 0 bridgehead atoms. The number of carbonyl (C=O) groups excluding carboxylic acids is 2. The maximum Gasteiger partial charge on any atom is 0.295 e. The Morgan fingerprint density at radius 2 is 1.69 bits per heavy atom. The molecule has 1 aliphatic heterocycles. The van der Waals surface area contributed by atoms with Gasteiger partial charge in [-0.25, -0.2) is 0 Å². The Kier molecular flexibility index (Phi) is 7.57. The predicted octanol–water partition coefficient (Wildman–Crippen LogP) is 4.03. The number of likely N-dealkylation sites (tertiary alicyclic amines) is 1. The first-order chi connectivity index (χ1) is 17.0. The minimum Gasteiger partial charge on any atom is -0.507 e. The fourth-order valence-corrected chi connectivity index (χ4v) is 4.17. The highest BCUT2D eigenvalue weighted by Gasteiger charge is 2.45. The summed E-state index contributed by atoms with van der Waals surface area (Å²) in [6.45, 7) is 1.60. The Morgan fingerprint density at radius 1 is 1.00 bits per heavy atom. The fraction of sp³-hybridized carbons (Fsp3) is 0.250. The summed E-state index contributed by atoms with van der Waals surface area (Å²) in [6.07, 6.45) is 3.94. The molecule has 0 unspecified atom stereocenters. The Labute approximate surface area is 205 Å². The van der Waals surface area contributed by atoms with Crippen molar-refractivity contribution in [3.63, 3.8) is 0 Å². The largest absolute Gasteiger partial charge is 0.507 e. The van der Waals surface area contributed by atoms with Gasteiger partial charge in [-0.1, -0.05) is 30.3 Å². The molecular formula is C28H29N3O4. The lowest BCUT2D eigenvalue weighted by Gasteiger charge is -2.25. The summed E-state index contributed by atoms with van der Waals surface area (Å²) in [6, 6.07) is 19.6. The standard InChI is InChI=1S/C28H29N3O4/c1-30(2)17-6-18-31-25(21-13-15-29-16-14-21)24(27(33)28(31)34)26(32)22-9-11-23(12-10-22)35-19-20-7-4-3-5-8-20/h3-5,7-16,25,32H,6,17-19H2,1-2H3/b26-24+/t25-/m0/s1. The van der Waals surface area contributed by atoms with E-state index in [0.717, 1.165) is 17.7 Å². The number of rotatable bonds is 9. The molecule has 1 N–H and O–H groups in total. The van der Waals surface area contributed by atoms with Gasteiger partial charge in [0.15, 0.2) is 0 Å². The number of aromatic nitrogens is 1. The van der Waals surface area contributed by atoms with Crippen LogP contribution in [-0.4, -0.2) is 58.8 Å². The summed E-state index contributed by atoms with van der Waals surface area (Å²) in [5, 5.41) is 11.2. The molecule has 1 saturated heterocycles. The average Bonchev–Trinajstić information content (AvgIpc) is 3.13. The number of ketones is 1. The van der Waals surface area contributed by atoms with Crippen molar-refractivity contribution in [3.05, 3.63) is 101 Å². The van der Waals surface area contributed by atoms with Crippen molar-refractivity contribution in [2.45, 2.75) is 19.1 Å².